The van der Waals surface area contributed by atoms with E-state index in [2.05, 4.69) is 52.3 Å². The summed E-state index contributed by atoms with van der Waals surface area (Å²) in [4.78, 5) is 7.40. The highest BCUT2D eigenvalue weighted by Crippen LogP contribution is 2.26. The molecule has 0 N–H and O–H groups in total. The molecule has 0 bridgehead atoms. The number of rotatable bonds is 8. The Morgan fingerprint density at radius 3 is 2.59 bits per heavy atom. The van der Waals surface area contributed by atoms with Crippen molar-refractivity contribution < 1.29 is 9.57 Å². The zero-order valence-electron chi connectivity index (χ0n) is 18.0. The molecule has 6 heteroatoms. The number of hydrogen-bond donors (Lipinski definition) is 0. The Hall–Kier alpha value is -2.63. The first kappa shape index (κ1) is 21.1. The molecule has 2 aromatic rings. The molecule has 0 amide bonds. The van der Waals surface area contributed by atoms with Crippen LogP contribution in [0, 0.1) is 26.7 Å². The van der Waals surface area contributed by atoms with E-state index in [1.165, 1.54) is 12.8 Å². The highest BCUT2D eigenvalue weighted by atomic mass is 16.6. The van der Waals surface area contributed by atoms with Crippen LogP contribution in [0.3, 0.4) is 0 Å². The van der Waals surface area contributed by atoms with Crippen LogP contribution in [-0.2, 0) is 4.84 Å². The second-order valence-electron chi connectivity index (χ2n) is 7.73. The van der Waals surface area contributed by atoms with E-state index in [0.29, 0.717) is 12.5 Å². The number of benzene rings is 1. The van der Waals surface area contributed by atoms with Gasteiger partial charge in [-0.1, -0.05) is 5.16 Å². The van der Waals surface area contributed by atoms with E-state index in [1.54, 1.807) is 6.21 Å². The standard InChI is InChI=1S/C23H32N4O2/c1-5-29-24-16-21-14-18(3)22(15-17(21)2)28-13-10-20-8-11-27(12-9-20)23-7-6-19(4)25-26-23/h6-7,14-16,20H,5,8-13H2,1-4H3/b24-16+. The fourth-order valence-corrected chi connectivity index (χ4v) is 3.62. The number of aromatic nitrogens is 2. The number of aryl methyl sites for hydroxylation is 3. The lowest BCUT2D eigenvalue weighted by atomic mass is 9.94. The van der Waals surface area contributed by atoms with Gasteiger partial charge in [-0.05, 0) is 93.8 Å². The fraction of sp³-hybridized carbons (Fsp3) is 0.522. The average molecular weight is 397 g/mol. The van der Waals surface area contributed by atoms with Gasteiger partial charge in [0.15, 0.2) is 5.82 Å². The van der Waals surface area contributed by atoms with Gasteiger partial charge in [0.25, 0.3) is 0 Å². The Labute approximate surface area is 173 Å². The van der Waals surface area contributed by atoms with Gasteiger partial charge in [-0.2, -0.15) is 5.10 Å². The van der Waals surface area contributed by atoms with E-state index in [1.807, 2.05) is 19.9 Å². The quantitative estimate of drug-likeness (QED) is 0.487. The Kier molecular flexibility index (Phi) is 7.44. The molecule has 1 aromatic carbocycles. The van der Waals surface area contributed by atoms with Crippen molar-refractivity contribution in [2.24, 2.45) is 11.1 Å². The van der Waals surface area contributed by atoms with Crippen molar-refractivity contribution in [3.8, 4) is 5.75 Å². The molecule has 6 nitrogen and oxygen atoms in total. The van der Waals surface area contributed by atoms with Crippen LogP contribution in [0.5, 0.6) is 5.75 Å². The van der Waals surface area contributed by atoms with Gasteiger partial charge in [0.2, 0.25) is 0 Å². The summed E-state index contributed by atoms with van der Waals surface area (Å²) in [5.41, 5.74) is 4.29. The molecular formula is C23H32N4O2. The first-order chi connectivity index (χ1) is 14.1. The van der Waals surface area contributed by atoms with E-state index in [9.17, 15) is 0 Å². The Morgan fingerprint density at radius 1 is 1.10 bits per heavy atom. The lowest BCUT2D eigenvalue weighted by Crippen LogP contribution is -2.34. The van der Waals surface area contributed by atoms with Crippen molar-refractivity contribution in [3.63, 3.8) is 0 Å². The summed E-state index contributed by atoms with van der Waals surface area (Å²) in [6.45, 7) is 11.4. The third-order valence-corrected chi connectivity index (χ3v) is 5.47. The molecule has 0 unspecified atom stereocenters. The predicted octanol–water partition coefficient (Wildman–Crippen LogP) is 4.46. The van der Waals surface area contributed by atoms with Crippen LogP contribution in [0.15, 0.2) is 29.4 Å². The minimum absolute atomic E-state index is 0.576. The highest BCUT2D eigenvalue weighted by molar-refractivity contribution is 5.82. The van der Waals surface area contributed by atoms with Gasteiger partial charge in [0, 0.05) is 13.1 Å². The molecule has 0 atom stereocenters. The van der Waals surface area contributed by atoms with Gasteiger partial charge >= 0.3 is 0 Å². The van der Waals surface area contributed by atoms with Gasteiger partial charge in [0.1, 0.15) is 12.4 Å². The smallest absolute Gasteiger partial charge is 0.151 e. The van der Waals surface area contributed by atoms with Gasteiger partial charge in [-0.3, -0.25) is 0 Å². The molecule has 2 heterocycles. The third-order valence-electron chi connectivity index (χ3n) is 5.47. The van der Waals surface area contributed by atoms with Crippen LogP contribution < -0.4 is 9.64 Å². The zero-order valence-corrected chi connectivity index (χ0v) is 18.0. The van der Waals surface area contributed by atoms with Crippen molar-refractivity contribution >= 4 is 12.0 Å². The maximum absolute atomic E-state index is 6.11. The maximum Gasteiger partial charge on any atom is 0.151 e. The Bertz CT molecular complexity index is 812. The van der Waals surface area contributed by atoms with Gasteiger partial charge in [0.05, 0.1) is 18.5 Å². The van der Waals surface area contributed by atoms with Crippen LogP contribution in [0.2, 0.25) is 0 Å². The van der Waals surface area contributed by atoms with Crippen LogP contribution in [0.4, 0.5) is 5.82 Å². The third kappa shape index (κ3) is 5.92. The lowest BCUT2D eigenvalue weighted by Gasteiger charge is -2.32. The summed E-state index contributed by atoms with van der Waals surface area (Å²) in [5, 5.41) is 12.5. The van der Waals surface area contributed by atoms with Crippen molar-refractivity contribution in [2.45, 2.75) is 47.0 Å². The van der Waals surface area contributed by atoms with Crippen LogP contribution in [-0.4, -0.2) is 42.7 Å². The largest absolute Gasteiger partial charge is 0.493 e. The molecule has 1 aromatic heterocycles. The molecular weight excluding hydrogens is 364 g/mol. The maximum atomic E-state index is 6.11. The predicted molar refractivity (Wildman–Crippen MR) is 117 cm³/mol. The number of hydrogen-bond acceptors (Lipinski definition) is 6. The summed E-state index contributed by atoms with van der Waals surface area (Å²) >= 11 is 0. The van der Waals surface area contributed by atoms with Crippen molar-refractivity contribution in [3.05, 3.63) is 46.6 Å². The van der Waals surface area contributed by atoms with Gasteiger partial charge in [-0.15, -0.1) is 5.10 Å². The van der Waals surface area contributed by atoms with Crippen molar-refractivity contribution in [2.75, 3.05) is 31.2 Å². The normalized spacial score (nSPS) is 15.1. The second kappa shape index (κ2) is 10.2. The zero-order chi connectivity index (χ0) is 20.6. The molecule has 1 fully saturated rings. The number of oxime groups is 1. The summed E-state index contributed by atoms with van der Waals surface area (Å²) in [6.07, 6.45) is 5.19. The van der Waals surface area contributed by atoms with Crippen molar-refractivity contribution in [1.29, 1.82) is 0 Å². The number of ether oxygens (including phenoxy) is 1. The molecule has 0 saturated carbocycles. The molecule has 0 aliphatic carbocycles. The Balaban J connectivity index is 1.46. The van der Waals surface area contributed by atoms with E-state index in [4.69, 9.17) is 9.57 Å². The topological polar surface area (TPSA) is 59.8 Å². The number of nitrogens with zero attached hydrogens (tertiary/aromatic N) is 4. The number of anilines is 1. The van der Waals surface area contributed by atoms with Crippen LogP contribution in [0.25, 0.3) is 0 Å². The van der Waals surface area contributed by atoms with Crippen LogP contribution in [0.1, 0.15) is 48.6 Å². The van der Waals surface area contributed by atoms with Gasteiger partial charge in [-0.25, -0.2) is 0 Å². The molecule has 0 radical (unpaired) electrons. The molecule has 1 aliphatic rings. The fourth-order valence-electron chi connectivity index (χ4n) is 3.62. The Morgan fingerprint density at radius 2 is 1.90 bits per heavy atom. The van der Waals surface area contributed by atoms with E-state index in [-0.39, 0.29) is 0 Å². The molecule has 0 spiro atoms. The molecule has 1 aliphatic heterocycles. The molecule has 3 rings (SSSR count). The van der Waals surface area contributed by atoms with E-state index in [0.717, 1.165) is 60.1 Å². The highest BCUT2D eigenvalue weighted by Gasteiger charge is 2.20. The van der Waals surface area contributed by atoms with Crippen molar-refractivity contribution in [1.82, 2.24) is 10.2 Å². The summed E-state index contributed by atoms with van der Waals surface area (Å²) in [5.74, 6) is 2.65. The number of piperidine rings is 1. The summed E-state index contributed by atoms with van der Waals surface area (Å²) in [7, 11) is 0. The minimum Gasteiger partial charge on any atom is -0.493 e. The summed E-state index contributed by atoms with van der Waals surface area (Å²) < 4.78 is 6.11. The monoisotopic (exact) mass is 396 g/mol. The van der Waals surface area contributed by atoms with E-state index >= 15 is 0 Å². The first-order valence-electron chi connectivity index (χ1n) is 10.5. The van der Waals surface area contributed by atoms with E-state index < -0.39 is 0 Å². The summed E-state index contributed by atoms with van der Waals surface area (Å²) in [6, 6.07) is 8.30. The molecule has 29 heavy (non-hydrogen) atoms. The minimum atomic E-state index is 0.576. The SMILES string of the molecule is CCO/N=C/c1cc(C)c(OCCC2CCN(c3ccc(C)nn3)CC2)cc1C. The molecule has 1 saturated heterocycles. The van der Waals surface area contributed by atoms with Gasteiger partial charge < -0.3 is 14.5 Å². The average Bonchev–Trinajstić information content (AvgIpc) is 2.72. The first-order valence-corrected chi connectivity index (χ1v) is 10.5. The second-order valence-corrected chi connectivity index (χ2v) is 7.73. The molecule has 156 valence electrons. The lowest BCUT2D eigenvalue weighted by molar-refractivity contribution is 0.160. The van der Waals surface area contributed by atoms with Crippen LogP contribution >= 0.6 is 0 Å².